The molecule has 1 aliphatic rings. The van der Waals surface area contributed by atoms with E-state index in [9.17, 15) is 0 Å². The van der Waals surface area contributed by atoms with E-state index in [1.54, 1.807) is 0 Å². The Bertz CT molecular complexity index is 532. The number of hydrogen-bond acceptors (Lipinski definition) is 3. The molecule has 1 aliphatic heterocycles. The van der Waals surface area contributed by atoms with Crippen LogP contribution in [0.5, 0.6) is 0 Å². The minimum absolute atomic E-state index is 1.07. The van der Waals surface area contributed by atoms with Gasteiger partial charge >= 0.3 is 0 Å². The van der Waals surface area contributed by atoms with E-state index in [0.717, 1.165) is 29.4 Å². The zero-order valence-corrected chi connectivity index (χ0v) is 11.9. The van der Waals surface area contributed by atoms with E-state index in [1.165, 1.54) is 18.4 Å². The zero-order valence-electron chi connectivity index (χ0n) is 11.9. The maximum absolute atomic E-state index is 4.40. The van der Waals surface area contributed by atoms with Gasteiger partial charge < -0.3 is 5.32 Å². The van der Waals surface area contributed by atoms with Gasteiger partial charge in [0, 0.05) is 23.6 Å². The number of aromatic nitrogens is 2. The fourth-order valence-corrected chi connectivity index (χ4v) is 2.11. The van der Waals surface area contributed by atoms with Gasteiger partial charge in [-0.05, 0) is 57.4 Å². The highest BCUT2D eigenvalue weighted by atomic mass is 15.0. The molecule has 0 bridgehead atoms. The summed E-state index contributed by atoms with van der Waals surface area (Å²) >= 11 is 0. The summed E-state index contributed by atoms with van der Waals surface area (Å²) in [5.41, 5.74) is 4.63. The summed E-state index contributed by atoms with van der Waals surface area (Å²) in [5.74, 6) is 1.09. The highest BCUT2D eigenvalue weighted by Crippen LogP contribution is 2.18. The van der Waals surface area contributed by atoms with Gasteiger partial charge in [-0.2, -0.15) is 0 Å². The molecule has 0 radical (unpaired) electrons. The summed E-state index contributed by atoms with van der Waals surface area (Å²) in [6.07, 6.45) is 2.41. The topological polar surface area (TPSA) is 37.8 Å². The van der Waals surface area contributed by atoms with Crippen molar-refractivity contribution in [2.24, 2.45) is 0 Å². The van der Waals surface area contributed by atoms with Crippen LogP contribution < -0.4 is 5.32 Å². The Labute approximate surface area is 115 Å². The van der Waals surface area contributed by atoms with E-state index < -0.39 is 0 Å². The number of fused-ring (bicyclic) bond motifs is 1. The van der Waals surface area contributed by atoms with E-state index in [1.807, 2.05) is 39.0 Å². The Morgan fingerprint density at radius 3 is 2.21 bits per heavy atom. The van der Waals surface area contributed by atoms with Gasteiger partial charge in [0.15, 0.2) is 0 Å². The molecule has 0 aromatic carbocycles. The fourth-order valence-electron chi connectivity index (χ4n) is 2.11. The molecule has 0 saturated carbocycles. The van der Waals surface area contributed by atoms with Crippen molar-refractivity contribution in [2.45, 2.75) is 33.6 Å². The second-order valence-electron chi connectivity index (χ2n) is 4.91. The molecule has 0 aliphatic carbocycles. The van der Waals surface area contributed by atoms with Gasteiger partial charge in [-0.3, -0.25) is 4.98 Å². The minimum atomic E-state index is 1.07. The van der Waals surface area contributed by atoms with Crippen LogP contribution in [-0.4, -0.2) is 16.5 Å². The van der Waals surface area contributed by atoms with Gasteiger partial charge in [0.25, 0.3) is 0 Å². The first-order chi connectivity index (χ1) is 9.15. The quantitative estimate of drug-likeness (QED) is 0.783. The molecule has 0 unspecified atom stereocenters. The monoisotopic (exact) mass is 255 g/mol. The lowest BCUT2D eigenvalue weighted by Crippen LogP contribution is -2.13. The Morgan fingerprint density at radius 1 is 0.895 bits per heavy atom. The average Bonchev–Trinajstić information content (AvgIpc) is 2.39. The zero-order chi connectivity index (χ0) is 13.7. The van der Waals surface area contributed by atoms with E-state index in [0.29, 0.717) is 0 Å². The number of nitrogens with one attached hydrogen (secondary N) is 1. The third kappa shape index (κ3) is 4.05. The van der Waals surface area contributed by atoms with Crippen molar-refractivity contribution < 1.29 is 0 Å². The fraction of sp³-hybridized carbons (Fsp3) is 0.375. The highest BCUT2D eigenvalue weighted by molar-refractivity contribution is 5.46. The van der Waals surface area contributed by atoms with Gasteiger partial charge in [-0.25, -0.2) is 4.98 Å². The van der Waals surface area contributed by atoms with E-state index in [2.05, 4.69) is 27.4 Å². The Morgan fingerprint density at radius 2 is 1.58 bits per heavy atom. The lowest BCUT2D eigenvalue weighted by Gasteiger charge is -2.16. The predicted octanol–water partition coefficient (Wildman–Crippen LogP) is 3.45. The van der Waals surface area contributed by atoms with Crippen LogP contribution in [0.25, 0.3) is 0 Å². The number of anilines is 1. The van der Waals surface area contributed by atoms with Crippen LogP contribution in [0.1, 0.15) is 29.1 Å². The molecule has 0 spiro atoms. The van der Waals surface area contributed by atoms with Crippen molar-refractivity contribution in [1.82, 2.24) is 9.97 Å². The summed E-state index contributed by atoms with van der Waals surface area (Å²) in [6, 6.07) is 10.2. The Hall–Kier alpha value is -1.90. The molecule has 3 rings (SSSR count). The number of aryl methyl sites for hydroxylation is 4. The average molecular weight is 255 g/mol. The first kappa shape index (κ1) is 13.5. The number of nitrogens with zero attached hydrogens (tertiary/aromatic N) is 2. The molecule has 2 aromatic rings. The lowest BCUT2D eigenvalue weighted by atomic mass is 10.1. The second kappa shape index (κ2) is 6.32. The molecule has 3 heteroatoms. The summed E-state index contributed by atoms with van der Waals surface area (Å²) in [4.78, 5) is 8.58. The molecule has 2 aromatic heterocycles. The van der Waals surface area contributed by atoms with Crippen molar-refractivity contribution in [3.8, 4) is 0 Å². The molecular formula is C16H21N3. The van der Waals surface area contributed by atoms with E-state index in [-0.39, 0.29) is 0 Å². The minimum Gasteiger partial charge on any atom is -0.370 e. The number of hydrogen-bond donors (Lipinski definition) is 1. The lowest BCUT2D eigenvalue weighted by molar-refractivity contribution is 0.815. The van der Waals surface area contributed by atoms with Gasteiger partial charge in [-0.1, -0.05) is 12.1 Å². The molecule has 19 heavy (non-hydrogen) atoms. The Kier molecular flexibility index (Phi) is 4.50. The van der Waals surface area contributed by atoms with Gasteiger partial charge in [-0.15, -0.1) is 0 Å². The van der Waals surface area contributed by atoms with Gasteiger partial charge in [0.1, 0.15) is 5.82 Å². The first-order valence-electron chi connectivity index (χ1n) is 6.76. The van der Waals surface area contributed by atoms with Crippen molar-refractivity contribution in [1.29, 1.82) is 0 Å². The van der Waals surface area contributed by atoms with E-state index >= 15 is 0 Å². The van der Waals surface area contributed by atoms with Crippen molar-refractivity contribution in [3.63, 3.8) is 0 Å². The smallest absolute Gasteiger partial charge is 0.129 e. The number of rotatable bonds is 0. The standard InChI is InChI=1S/C9H12N2.C7H9N/c1-7-4-5-8-3-2-6-10-9(8)11-7;1-6-4-3-5-7(2)8-6/h4-5H,2-3,6H2,1H3,(H,10,11);3-5H,1-2H3. The SMILES string of the molecule is Cc1ccc2c(n1)NCCC2.Cc1cccc(C)n1. The van der Waals surface area contributed by atoms with Crippen LogP contribution in [0.15, 0.2) is 30.3 Å². The third-order valence-electron chi connectivity index (χ3n) is 3.06. The van der Waals surface area contributed by atoms with Crippen LogP contribution >= 0.6 is 0 Å². The predicted molar refractivity (Wildman–Crippen MR) is 79.5 cm³/mol. The molecule has 0 atom stereocenters. The van der Waals surface area contributed by atoms with Crippen LogP contribution in [0.2, 0.25) is 0 Å². The molecule has 100 valence electrons. The van der Waals surface area contributed by atoms with Crippen molar-refractivity contribution >= 4 is 5.82 Å². The summed E-state index contributed by atoms with van der Waals surface area (Å²) in [6.45, 7) is 7.08. The van der Waals surface area contributed by atoms with Crippen LogP contribution in [0, 0.1) is 20.8 Å². The van der Waals surface area contributed by atoms with Crippen LogP contribution in [0.4, 0.5) is 5.82 Å². The van der Waals surface area contributed by atoms with Crippen molar-refractivity contribution in [3.05, 3.63) is 53.0 Å². The normalized spacial score (nSPS) is 12.8. The molecule has 3 nitrogen and oxygen atoms in total. The highest BCUT2D eigenvalue weighted by Gasteiger charge is 2.08. The summed E-state index contributed by atoms with van der Waals surface area (Å²) < 4.78 is 0. The van der Waals surface area contributed by atoms with Crippen molar-refractivity contribution in [2.75, 3.05) is 11.9 Å². The maximum atomic E-state index is 4.40. The molecule has 1 N–H and O–H groups in total. The summed E-state index contributed by atoms with van der Waals surface area (Å²) in [5, 5.41) is 3.29. The van der Waals surface area contributed by atoms with Crippen LogP contribution in [-0.2, 0) is 6.42 Å². The molecule has 3 heterocycles. The second-order valence-corrected chi connectivity index (χ2v) is 4.91. The Balaban J connectivity index is 0.000000148. The molecular weight excluding hydrogens is 234 g/mol. The molecule has 0 saturated heterocycles. The first-order valence-corrected chi connectivity index (χ1v) is 6.76. The van der Waals surface area contributed by atoms with Gasteiger partial charge in [0.2, 0.25) is 0 Å². The van der Waals surface area contributed by atoms with Crippen LogP contribution in [0.3, 0.4) is 0 Å². The number of pyridine rings is 2. The third-order valence-corrected chi connectivity index (χ3v) is 3.06. The maximum Gasteiger partial charge on any atom is 0.129 e. The summed E-state index contributed by atoms with van der Waals surface area (Å²) in [7, 11) is 0. The molecule has 0 fully saturated rings. The van der Waals surface area contributed by atoms with E-state index in [4.69, 9.17) is 0 Å². The molecule has 0 amide bonds. The largest absolute Gasteiger partial charge is 0.370 e. The van der Waals surface area contributed by atoms with Gasteiger partial charge in [0.05, 0.1) is 0 Å².